The number of benzene rings is 1. The molecule has 0 aliphatic heterocycles. The van der Waals surface area contributed by atoms with Gasteiger partial charge in [-0.15, -0.1) is 5.11 Å². The highest BCUT2D eigenvalue weighted by molar-refractivity contribution is 7.85. The van der Waals surface area contributed by atoms with Crippen LogP contribution in [0.5, 0.6) is 5.88 Å². The third kappa shape index (κ3) is 5.03. The summed E-state index contributed by atoms with van der Waals surface area (Å²) in [5.41, 5.74) is -2.64. The number of hydrogen-bond acceptors (Lipinski definition) is 9. The maximum Gasteiger partial charge on any atom is 0.294 e. The summed E-state index contributed by atoms with van der Waals surface area (Å²) >= 11 is 0. The third-order valence-electron chi connectivity index (χ3n) is 3.67. The molecule has 1 aromatic heterocycles. The first kappa shape index (κ1) is 22.2. The molecule has 0 bridgehead atoms. The summed E-state index contributed by atoms with van der Waals surface area (Å²) in [6.45, 7) is 1.41. The van der Waals surface area contributed by atoms with Crippen LogP contribution >= 0.6 is 0 Å². The number of nitrogens with zero attached hydrogens (tertiary/aromatic N) is 4. The summed E-state index contributed by atoms with van der Waals surface area (Å²) in [5.74, 6) is -1.95. The number of rotatable bonds is 6. The normalized spacial score (nSPS) is 12.2. The highest BCUT2D eigenvalue weighted by atomic mass is 32.2. The Balaban J connectivity index is 2.69. The topological polar surface area (TPSA) is 199 Å². The van der Waals surface area contributed by atoms with Gasteiger partial charge >= 0.3 is 0 Å². The highest BCUT2D eigenvalue weighted by Gasteiger charge is 2.24. The largest absolute Gasteiger partial charge is 0.493 e. The number of nitriles is 1. The molecule has 0 unspecified atom stereocenters. The van der Waals surface area contributed by atoms with Crippen molar-refractivity contribution in [2.75, 3.05) is 0 Å². The van der Waals surface area contributed by atoms with Gasteiger partial charge in [-0.1, -0.05) is 0 Å². The molecule has 0 radical (unpaired) electrons. The van der Waals surface area contributed by atoms with E-state index in [1.165, 1.54) is 6.92 Å². The molecule has 0 fully saturated rings. The van der Waals surface area contributed by atoms with Crippen LogP contribution in [0.4, 0.5) is 11.4 Å². The third-order valence-corrected chi connectivity index (χ3v) is 5.19. The minimum absolute atomic E-state index is 0.0317. The van der Waals surface area contributed by atoms with Gasteiger partial charge in [-0.3, -0.25) is 18.5 Å². The summed E-state index contributed by atoms with van der Waals surface area (Å²) < 4.78 is 63.5. The smallest absolute Gasteiger partial charge is 0.294 e. The van der Waals surface area contributed by atoms with E-state index in [1.54, 1.807) is 6.07 Å². The fraction of sp³-hybridized carbons (Fsp3) is 0.200. The zero-order valence-corrected chi connectivity index (χ0v) is 16.3. The molecule has 0 atom stereocenters. The molecule has 154 valence electrons. The van der Waals surface area contributed by atoms with Crippen LogP contribution in [0.25, 0.3) is 0 Å². The maximum absolute atomic E-state index is 12.6. The van der Waals surface area contributed by atoms with Gasteiger partial charge in [-0.05, 0) is 31.2 Å². The van der Waals surface area contributed by atoms with Gasteiger partial charge in [-0.25, -0.2) is 0 Å². The molecule has 0 aliphatic rings. The van der Waals surface area contributed by atoms with E-state index in [0.29, 0.717) is 0 Å². The van der Waals surface area contributed by atoms with E-state index in [0.717, 1.165) is 28.8 Å². The zero-order valence-electron chi connectivity index (χ0n) is 14.7. The Hall–Kier alpha value is -3.12. The van der Waals surface area contributed by atoms with Crippen molar-refractivity contribution in [3.8, 4) is 11.9 Å². The van der Waals surface area contributed by atoms with Crippen LogP contribution < -0.4 is 5.56 Å². The van der Waals surface area contributed by atoms with Crippen LogP contribution in [0.15, 0.2) is 44.2 Å². The zero-order chi connectivity index (χ0) is 22.0. The van der Waals surface area contributed by atoms with Crippen molar-refractivity contribution in [1.82, 2.24) is 4.57 Å². The van der Waals surface area contributed by atoms with E-state index in [1.807, 2.05) is 0 Å². The second-order valence-corrected chi connectivity index (χ2v) is 8.46. The first-order valence-corrected chi connectivity index (χ1v) is 10.8. The molecule has 2 rings (SSSR count). The minimum atomic E-state index is -4.70. The molecular weight excluding hydrogens is 428 g/mol. The van der Waals surface area contributed by atoms with E-state index >= 15 is 0 Å². The van der Waals surface area contributed by atoms with Gasteiger partial charge in [0.25, 0.3) is 25.8 Å². The van der Waals surface area contributed by atoms with E-state index in [9.17, 15) is 32.0 Å². The fourth-order valence-corrected chi connectivity index (χ4v) is 3.50. The van der Waals surface area contributed by atoms with E-state index in [4.69, 9.17) is 9.11 Å². The predicted octanol–water partition coefficient (Wildman–Crippen LogP) is 1.50. The van der Waals surface area contributed by atoms with Gasteiger partial charge in [0, 0.05) is 12.1 Å². The van der Waals surface area contributed by atoms with Gasteiger partial charge < -0.3 is 5.11 Å². The quantitative estimate of drug-likeness (QED) is 0.438. The Labute approximate surface area is 164 Å². The van der Waals surface area contributed by atoms with Gasteiger partial charge in [0.2, 0.25) is 5.88 Å². The molecule has 0 saturated heterocycles. The van der Waals surface area contributed by atoms with Crippen molar-refractivity contribution >= 4 is 31.6 Å². The SMILES string of the molecule is CCn1c(O)c(C#N)c(CS(=O)(=O)O)c(N=Nc2ccc(S(=O)(=O)O)cc2)c1=O. The maximum atomic E-state index is 12.6. The number of aromatic hydroxyl groups is 1. The summed E-state index contributed by atoms with van der Waals surface area (Å²) in [6, 6.07) is 5.91. The lowest BCUT2D eigenvalue weighted by Crippen LogP contribution is -2.22. The van der Waals surface area contributed by atoms with E-state index < -0.39 is 59.1 Å². The predicted molar refractivity (Wildman–Crippen MR) is 98.4 cm³/mol. The van der Waals surface area contributed by atoms with Crippen molar-refractivity contribution in [3.05, 3.63) is 45.7 Å². The average molecular weight is 442 g/mol. The van der Waals surface area contributed by atoms with Crippen LogP contribution in [0.2, 0.25) is 0 Å². The molecule has 0 spiro atoms. The summed E-state index contributed by atoms with van der Waals surface area (Å²) in [7, 11) is -9.12. The van der Waals surface area contributed by atoms with Crippen LogP contribution in [0, 0.1) is 11.3 Å². The molecule has 1 heterocycles. The molecule has 1 aromatic carbocycles. The Bertz CT molecular complexity index is 1290. The molecule has 14 heteroatoms. The van der Waals surface area contributed by atoms with Crippen LogP contribution in [0.1, 0.15) is 18.1 Å². The van der Waals surface area contributed by atoms with Gasteiger partial charge in [-0.2, -0.15) is 27.2 Å². The first-order valence-electron chi connectivity index (χ1n) is 7.72. The van der Waals surface area contributed by atoms with Crippen LogP contribution in [-0.4, -0.2) is 35.6 Å². The second-order valence-electron chi connectivity index (χ2n) is 5.58. The van der Waals surface area contributed by atoms with Gasteiger partial charge in [0.1, 0.15) is 17.4 Å². The Morgan fingerprint density at radius 2 is 1.69 bits per heavy atom. The molecular formula is C15H14N4O8S2. The van der Waals surface area contributed by atoms with Gasteiger partial charge in [0.05, 0.1) is 10.6 Å². The molecule has 29 heavy (non-hydrogen) atoms. The molecule has 12 nitrogen and oxygen atoms in total. The lowest BCUT2D eigenvalue weighted by atomic mass is 10.1. The molecule has 2 aromatic rings. The van der Waals surface area contributed by atoms with Crippen molar-refractivity contribution in [2.24, 2.45) is 10.2 Å². The Morgan fingerprint density at radius 1 is 1.10 bits per heavy atom. The van der Waals surface area contributed by atoms with Crippen molar-refractivity contribution in [3.63, 3.8) is 0 Å². The van der Waals surface area contributed by atoms with Gasteiger partial charge in [0.15, 0.2) is 5.69 Å². The van der Waals surface area contributed by atoms with Crippen molar-refractivity contribution in [1.29, 1.82) is 5.26 Å². The Kier molecular flexibility index (Phi) is 6.18. The second kappa shape index (κ2) is 8.09. The van der Waals surface area contributed by atoms with Crippen LogP contribution in [-0.2, 0) is 32.5 Å². The summed E-state index contributed by atoms with van der Waals surface area (Å²) in [6.07, 6.45) is 0. The summed E-state index contributed by atoms with van der Waals surface area (Å²) in [5, 5.41) is 26.7. The monoisotopic (exact) mass is 442 g/mol. The van der Waals surface area contributed by atoms with Crippen molar-refractivity contribution in [2.45, 2.75) is 24.1 Å². The highest BCUT2D eigenvalue weighted by Crippen LogP contribution is 2.29. The number of hydrogen-bond donors (Lipinski definition) is 3. The molecule has 3 N–H and O–H groups in total. The average Bonchev–Trinajstić information content (AvgIpc) is 2.60. The lowest BCUT2D eigenvalue weighted by Gasteiger charge is -2.12. The lowest BCUT2D eigenvalue weighted by molar-refractivity contribution is 0.409. The number of pyridine rings is 1. The fourth-order valence-electron chi connectivity index (χ4n) is 2.37. The van der Waals surface area contributed by atoms with Crippen molar-refractivity contribution < 1.29 is 31.0 Å². The van der Waals surface area contributed by atoms with E-state index in [-0.39, 0.29) is 12.2 Å². The minimum Gasteiger partial charge on any atom is -0.493 e. The van der Waals surface area contributed by atoms with Crippen LogP contribution in [0.3, 0.4) is 0 Å². The summed E-state index contributed by atoms with van der Waals surface area (Å²) in [4.78, 5) is 12.1. The number of azo groups is 1. The Morgan fingerprint density at radius 3 is 2.14 bits per heavy atom. The molecule has 0 aliphatic carbocycles. The number of aromatic nitrogens is 1. The molecule has 0 saturated carbocycles. The van der Waals surface area contributed by atoms with E-state index in [2.05, 4.69) is 10.2 Å². The standard InChI is InChI=1S/C15H14N4O8S2/c1-2-19-14(20)11(7-16)12(8-28(22,23)24)13(15(19)21)18-17-9-3-5-10(6-4-9)29(25,26)27/h3-6,20H,2,8H2,1H3,(H,22,23,24)(H,25,26,27). The first-order chi connectivity index (χ1) is 13.4. The molecule has 0 amide bonds.